The van der Waals surface area contributed by atoms with E-state index in [0.29, 0.717) is 11.7 Å². The van der Waals surface area contributed by atoms with Crippen molar-refractivity contribution in [3.63, 3.8) is 0 Å². The third kappa shape index (κ3) is 1.13. The van der Waals surface area contributed by atoms with E-state index >= 15 is 0 Å². The van der Waals surface area contributed by atoms with Gasteiger partial charge in [0.1, 0.15) is 5.78 Å². The van der Waals surface area contributed by atoms with Crippen LogP contribution in [0.25, 0.3) is 0 Å². The molecule has 0 amide bonds. The largest absolute Gasteiger partial charge is 0.299 e. The van der Waals surface area contributed by atoms with E-state index in [1.165, 1.54) is 5.57 Å². The zero-order valence-corrected chi connectivity index (χ0v) is 7.25. The van der Waals surface area contributed by atoms with Crippen LogP contribution in [0.3, 0.4) is 0 Å². The molecule has 0 N–H and O–H groups in total. The standard InChI is InChI=1S/C11H14O/c1-8-6-7-11(12)10-5-3-2-4-9(8)10/h2-3,9-10H,1,4-7H2. The average Bonchev–Trinajstić information content (AvgIpc) is 2.12. The minimum atomic E-state index is 0.274. The monoisotopic (exact) mass is 162 g/mol. The third-order valence-corrected chi connectivity index (χ3v) is 3.06. The topological polar surface area (TPSA) is 17.1 Å². The maximum absolute atomic E-state index is 11.5. The van der Waals surface area contributed by atoms with Crippen molar-refractivity contribution in [3.05, 3.63) is 24.3 Å². The predicted octanol–water partition coefficient (Wildman–Crippen LogP) is 2.49. The predicted molar refractivity (Wildman–Crippen MR) is 48.7 cm³/mol. The van der Waals surface area contributed by atoms with Crippen molar-refractivity contribution in [1.29, 1.82) is 0 Å². The molecule has 1 fully saturated rings. The highest BCUT2D eigenvalue weighted by molar-refractivity contribution is 5.83. The van der Waals surface area contributed by atoms with E-state index in [0.717, 1.165) is 25.7 Å². The van der Waals surface area contributed by atoms with Gasteiger partial charge < -0.3 is 0 Å². The van der Waals surface area contributed by atoms with Gasteiger partial charge in [-0.15, -0.1) is 0 Å². The first-order valence-corrected chi connectivity index (χ1v) is 4.64. The molecule has 64 valence electrons. The van der Waals surface area contributed by atoms with Gasteiger partial charge in [0.25, 0.3) is 0 Å². The van der Waals surface area contributed by atoms with Crippen LogP contribution in [0.2, 0.25) is 0 Å². The van der Waals surface area contributed by atoms with Gasteiger partial charge in [0.15, 0.2) is 0 Å². The molecule has 12 heavy (non-hydrogen) atoms. The molecule has 0 aromatic heterocycles. The Hall–Kier alpha value is -0.850. The zero-order chi connectivity index (χ0) is 8.55. The van der Waals surface area contributed by atoms with Crippen LogP contribution in [-0.2, 0) is 4.79 Å². The lowest BCUT2D eigenvalue weighted by Gasteiger charge is -2.33. The Kier molecular flexibility index (Phi) is 1.87. The van der Waals surface area contributed by atoms with E-state index in [1.54, 1.807) is 0 Å². The molecule has 2 unspecified atom stereocenters. The Balaban J connectivity index is 2.23. The van der Waals surface area contributed by atoms with E-state index in [1.807, 2.05) is 0 Å². The summed E-state index contributed by atoms with van der Waals surface area (Å²) in [5, 5.41) is 0. The quantitative estimate of drug-likeness (QED) is 0.500. The highest BCUT2D eigenvalue weighted by Gasteiger charge is 2.33. The number of ketones is 1. The van der Waals surface area contributed by atoms with Gasteiger partial charge in [-0.1, -0.05) is 24.3 Å². The molecule has 0 aromatic rings. The fourth-order valence-corrected chi connectivity index (χ4v) is 2.28. The second-order valence-corrected chi connectivity index (χ2v) is 3.78. The maximum Gasteiger partial charge on any atom is 0.137 e. The van der Waals surface area contributed by atoms with Gasteiger partial charge in [-0.3, -0.25) is 4.79 Å². The Morgan fingerprint density at radius 1 is 1.17 bits per heavy atom. The van der Waals surface area contributed by atoms with Crippen molar-refractivity contribution in [2.75, 3.05) is 0 Å². The molecule has 0 aliphatic heterocycles. The molecule has 2 aliphatic carbocycles. The van der Waals surface area contributed by atoms with Gasteiger partial charge >= 0.3 is 0 Å². The van der Waals surface area contributed by atoms with E-state index in [-0.39, 0.29) is 5.92 Å². The summed E-state index contributed by atoms with van der Waals surface area (Å²) in [7, 11) is 0. The summed E-state index contributed by atoms with van der Waals surface area (Å²) in [5.74, 6) is 1.20. The normalized spacial score (nSPS) is 35.0. The molecule has 2 aliphatic rings. The summed E-state index contributed by atoms with van der Waals surface area (Å²) >= 11 is 0. The second kappa shape index (κ2) is 2.89. The van der Waals surface area contributed by atoms with Crippen molar-refractivity contribution in [2.45, 2.75) is 25.7 Å². The fraction of sp³-hybridized carbons (Fsp3) is 0.545. The minimum Gasteiger partial charge on any atom is -0.299 e. The summed E-state index contributed by atoms with van der Waals surface area (Å²) in [4.78, 5) is 11.5. The van der Waals surface area contributed by atoms with Crippen molar-refractivity contribution in [3.8, 4) is 0 Å². The van der Waals surface area contributed by atoms with Gasteiger partial charge in [0.05, 0.1) is 0 Å². The fourth-order valence-electron chi connectivity index (χ4n) is 2.28. The molecule has 1 heteroatoms. The number of fused-ring (bicyclic) bond motifs is 1. The second-order valence-electron chi connectivity index (χ2n) is 3.78. The Bertz CT molecular complexity index is 224. The van der Waals surface area contributed by atoms with Crippen LogP contribution in [0.1, 0.15) is 25.7 Å². The Morgan fingerprint density at radius 2 is 1.83 bits per heavy atom. The maximum atomic E-state index is 11.5. The summed E-state index contributed by atoms with van der Waals surface area (Å²) in [6.45, 7) is 4.05. The van der Waals surface area contributed by atoms with E-state index in [2.05, 4.69) is 18.7 Å². The number of rotatable bonds is 0. The molecule has 2 rings (SSSR count). The van der Waals surface area contributed by atoms with Crippen LogP contribution >= 0.6 is 0 Å². The van der Waals surface area contributed by atoms with Crippen LogP contribution in [0.5, 0.6) is 0 Å². The summed E-state index contributed by atoms with van der Waals surface area (Å²) in [5.41, 5.74) is 1.30. The molecule has 1 nitrogen and oxygen atoms in total. The summed E-state index contributed by atoms with van der Waals surface area (Å²) in [6.07, 6.45) is 7.96. The molecular weight excluding hydrogens is 148 g/mol. The lowest BCUT2D eigenvalue weighted by molar-refractivity contribution is -0.125. The van der Waals surface area contributed by atoms with Gasteiger partial charge in [0, 0.05) is 12.3 Å². The van der Waals surface area contributed by atoms with E-state index in [9.17, 15) is 4.79 Å². The molecular formula is C11H14O. The van der Waals surface area contributed by atoms with Crippen molar-refractivity contribution in [2.24, 2.45) is 11.8 Å². The smallest absolute Gasteiger partial charge is 0.137 e. The van der Waals surface area contributed by atoms with Crippen molar-refractivity contribution < 1.29 is 4.79 Å². The van der Waals surface area contributed by atoms with Crippen molar-refractivity contribution in [1.82, 2.24) is 0 Å². The number of carbonyl (C=O) groups excluding carboxylic acids is 1. The highest BCUT2D eigenvalue weighted by atomic mass is 16.1. The number of carbonyl (C=O) groups is 1. The minimum absolute atomic E-state index is 0.274. The van der Waals surface area contributed by atoms with E-state index in [4.69, 9.17) is 0 Å². The zero-order valence-electron chi connectivity index (χ0n) is 7.25. The molecule has 0 heterocycles. The lowest BCUT2D eigenvalue weighted by Crippen LogP contribution is -2.30. The molecule has 0 radical (unpaired) electrons. The molecule has 0 bridgehead atoms. The first kappa shape index (κ1) is 7.78. The number of hydrogen-bond acceptors (Lipinski definition) is 1. The molecule has 0 spiro atoms. The van der Waals surface area contributed by atoms with Crippen LogP contribution < -0.4 is 0 Å². The van der Waals surface area contributed by atoms with Crippen molar-refractivity contribution >= 4 is 5.78 Å². The number of allylic oxidation sites excluding steroid dienone is 3. The van der Waals surface area contributed by atoms with E-state index < -0.39 is 0 Å². The highest BCUT2D eigenvalue weighted by Crippen LogP contribution is 2.38. The van der Waals surface area contributed by atoms with Gasteiger partial charge in [-0.05, 0) is 25.2 Å². The first-order chi connectivity index (χ1) is 5.79. The molecule has 0 saturated heterocycles. The Morgan fingerprint density at radius 3 is 2.50 bits per heavy atom. The average molecular weight is 162 g/mol. The molecule has 1 saturated carbocycles. The molecule has 2 atom stereocenters. The number of Topliss-reactive ketones (excluding diaryl/α,β-unsaturated/α-hetero) is 1. The summed E-state index contributed by atoms with van der Waals surface area (Å²) < 4.78 is 0. The van der Waals surface area contributed by atoms with Gasteiger partial charge in [-0.25, -0.2) is 0 Å². The summed E-state index contributed by atoms with van der Waals surface area (Å²) in [6, 6.07) is 0. The van der Waals surface area contributed by atoms with Crippen LogP contribution in [0, 0.1) is 11.8 Å². The van der Waals surface area contributed by atoms with Crippen LogP contribution in [-0.4, -0.2) is 5.78 Å². The third-order valence-electron chi connectivity index (χ3n) is 3.06. The number of hydrogen-bond donors (Lipinski definition) is 0. The lowest BCUT2D eigenvalue weighted by atomic mass is 9.70. The van der Waals surface area contributed by atoms with Gasteiger partial charge in [0.2, 0.25) is 0 Å². The molecule has 0 aromatic carbocycles. The first-order valence-electron chi connectivity index (χ1n) is 4.64. The SMILES string of the molecule is C=C1CCC(=O)C2CC=CCC12. The van der Waals surface area contributed by atoms with Crippen LogP contribution in [0.15, 0.2) is 24.3 Å². The Labute approximate surface area is 73.2 Å². The van der Waals surface area contributed by atoms with Crippen LogP contribution in [0.4, 0.5) is 0 Å². The van der Waals surface area contributed by atoms with Gasteiger partial charge in [-0.2, -0.15) is 0 Å².